The molecule has 1 fully saturated rings. The molecule has 20 heteroatoms. The number of phosphoric ester groups is 1. The molecule has 166 valence electrons. The predicted molar refractivity (Wildman–Crippen MR) is 87.2 cm³/mol. The van der Waals surface area contributed by atoms with Crippen LogP contribution in [0.3, 0.4) is 0 Å². The second kappa shape index (κ2) is 8.59. The lowest BCUT2D eigenvalue weighted by atomic mass is 10.2. The maximum Gasteiger partial charge on any atom is 0.490 e. The summed E-state index contributed by atoms with van der Waals surface area (Å²) in [4.78, 5) is 50.2. The number of nitrogens with two attached hydrogens (primary N) is 1. The molecular weight excluding hydrogens is 470 g/mol. The monoisotopic (exact) mass is 485 g/mol. The fraction of sp³-hybridized carbons (Fsp3) is 0.556. The largest absolute Gasteiger partial charge is 0.490 e. The lowest BCUT2D eigenvalue weighted by Gasteiger charge is -2.19. The van der Waals surface area contributed by atoms with Crippen LogP contribution in [-0.2, 0) is 31.6 Å². The first-order chi connectivity index (χ1) is 13.1. The van der Waals surface area contributed by atoms with Crippen molar-refractivity contribution in [2.24, 2.45) is 0 Å². The van der Waals surface area contributed by atoms with E-state index in [-0.39, 0.29) is 6.42 Å². The molecule has 16 nitrogen and oxygen atoms in total. The summed E-state index contributed by atoms with van der Waals surface area (Å²) in [5.41, 5.74) is 4.14. The Balaban J connectivity index is 2.02. The zero-order valence-corrected chi connectivity index (χ0v) is 16.6. The first kappa shape index (κ1) is 24.2. The minimum Gasteiger partial charge on any atom is -0.390 e. The Bertz CT molecular complexity index is 965. The van der Waals surface area contributed by atoms with Crippen molar-refractivity contribution < 1.29 is 60.6 Å². The van der Waals surface area contributed by atoms with Gasteiger partial charge in [0.25, 0.3) is 0 Å². The molecule has 3 unspecified atom stereocenters. The van der Waals surface area contributed by atoms with Gasteiger partial charge in [-0.05, 0) is 0 Å². The molecule has 7 N–H and O–H groups in total. The van der Waals surface area contributed by atoms with Crippen LogP contribution in [0.4, 0.5) is 10.2 Å². The molecule has 0 spiro atoms. The van der Waals surface area contributed by atoms with Gasteiger partial charge in [-0.3, -0.25) is 9.09 Å². The molecular formula is C9H15FN3O13P3. The first-order valence-electron chi connectivity index (χ1n) is 7.24. The summed E-state index contributed by atoms with van der Waals surface area (Å²) >= 11 is 0. The maximum atomic E-state index is 13.5. The Hall–Kier alpha value is -1.06. The molecule has 0 aliphatic carbocycles. The SMILES string of the molecule is Nc1nc(=O)n([C@H]2CC(O)[C@@H](COP(=O)(O)OP(=O)(O)OP(=O)(O)O)O2)cc1F. The third-order valence-corrected chi connectivity index (χ3v) is 7.07. The topological polar surface area (TPSA) is 250 Å². The lowest BCUT2D eigenvalue weighted by molar-refractivity contribution is -0.0452. The summed E-state index contributed by atoms with van der Waals surface area (Å²) < 4.78 is 64.1. The van der Waals surface area contributed by atoms with E-state index < -0.39 is 65.8 Å². The zero-order chi connectivity index (χ0) is 22.2. The lowest BCUT2D eigenvalue weighted by Crippen LogP contribution is -2.29. The normalized spacial score (nSPS) is 26.8. The fourth-order valence-corrected chi connectivity index (χ4v) is 5.20. The third-order valence-electron chi connectivity index (χ3n) is 3.27. The van der Waals surface area contributed by atoms with Gasteiger partial charge in [-0.15, -0.1) is 0 Å². The van der Waals surface area contributed by atoms with Crippen molar-refractivity contribution in [2.45, 2.75) is 24.9 Å². The van der Waals surface area contributed by atoms with E-state index in [0.717, 1.165) is 0 Å². The van der Waals surface area contributed by atoms with Gasteiger partial charge in [0, 0.05) is 6.42 Å². The Morgan fingerprint density at radius 3 is 2.45 bits per heavy atom. The van der Waals surface area contributed by atoms with Gasteiger partial charge < -0.3 is 35.2 Å². The van der Waals surface area contributed by atoms with Crippen LogP contribution in [0.2, 0.25) is 0 Å². The van der Waals surface area contributed by atoms with Gasteiger partial charge in [-0.1, -0.05) is 0 Å². The van der Waals surface area contributed by atoms with E-state index in [1.807, 2.05) is 0 Å². The van der Waals surface area contributed by atoms with Crippen LogP contribution in [0.5, 0.6) is 0 Å². The van der Waals surface area contributed by atoms with Crippen LogP contribution in [0, 0.1) is 5.82 Å². The number of nitrogen functional groups attached to an aromatic ring is 1. The van der Waals surface area contributed by atoms with Gasteiger partial charge in [0.2, 0.25) is 0 Å². The molecule has 1 saturated heterocycles. The Morgan fingerprint density at radius 2 is 1.86 bits per heavy atom. The van der Waals surface area contributed by atoms with Crippen LogP contribution < -0.4 is 11.4 Å². The van der Waals surface area contributed by atoms with Gasteiger partial charge in [0.05, 0.1) is 18.9 Å². The van der Waals surface area contributed by atoms with E-state index in [1.54, 1.807) is 0 Å². The number of ether oxygens (including phenoxy) is 1. The summed E-state index contributed by atoms with van der Waals surface area (Å²) in [6.45, 7) is -0.943. The first-order valence-corrected chi connectivity index (χ1v) is 11.8. The Labute approximate surface area is 160 Å². The fourth-order valence-electron chi connectivity index (χ4n) is 2.17. The molecule has 1 aromatic rings. The number of halogens is 1. The molecule has 0 aromatic carbocycles. The number of aromatic nitrogens is 2. The van der Waals surface area contributed by atoms with Crippen molar-refractivity contribution in [1.29, 1.82) is 0 Å². The highest BCUT2D eigenvalue weighted by molar-refractivity contribution is 7.66. The van der Waals surface area contributed by atoms with Crippen molar-refractivity contribution in [3.05, 3.63) is 22.5 Å². The summed E-state index contributed by atoms with van der Waals surface area (Å²) in [5.74, 6) is -1.70. The highest BCUT2D eigenvalue weighted by atomic mass is 31.3. The van der Waals surface area contributed by atoms with Crippen molar-refractivity contribution >= 4 is 29.3 Å². The van der Waals surface area contributed by atoms with E-state index in [0.29, 0.717) is 10.8 Å². The van der Waals surface area contributed by atoms with Crippen LogP contribution in [0.15, 0.2) is 11.0 Å². The molecule has 0 bridgehead atoms. The number of hydrogen-bond acceptors (Lipinski definition) is 11. The second-order valence-corrected chi connectivity index (χ2v) is 9.90. The van der Waals surface area contributed by atoms with Gasteiger partial charge in [-0.2, -0.15) is 13.6 Å². The average Bonchev–Trinajstić information content (AvgIpc) is 2.86. The average molecular weight is 485 g/mol. The number of anilines is 1. The van der Waals surface area contributed by atoms with Crippen LogP contribution in [-0.4, -0.2) is 53.0 Å². The summed E-state index contributed by atoms with van der Waals surface area (Å²) in [5, 5.41) is 9.91. The van der Waals surface area contributed by atoms with E-state index in [1.165, 1.54) is 0 Å². The van der Waals surface area contributed by atoms with Crippen LogP contribution in [0.1, 0.15) is 12.6 Å². The summed E-state index contributed by atoms with van der Waals surface area (Å²) in [6, 6.07) is 0. The number of nitrogens with zero attached hydrogens (tertiary/aromatic N) is 2. The molecule has 1 aliphatic heterocycles. The minimum absolute atomic E-state index is 0.296. The molecule has 0 saturated carbocycles. The predicted octanol–water partition coefficient (Wildman–Crippen LogP) is -1.04. The van der Waals surface area contributed by atoms with Gasteiger partial charge >= 0.3 is 29.2 Å². The van der Waals surface area contributed by atoms with Gasteiger partial charge in [0.1, 0.15) is 12.3 Å². The van der Waals surface area contributed by atoms with E-state index in [4.69, 9.17) is 25.2 Å². The number of aliphatic hydroxyl groups excluding tert-OH is 1. The van der Waals surface area contributed by atoms with Gasteiger partial charge in [-0.25, -0.2) is 22.9 Å². The van der Waals surface area contributed by atoms with Crippen molar-refractivity contribution in [1.82, 2.24) is 9.55 Å². The Kier molecular flexibility index (Phi) is 7.17. The minimum atomic E-state index is -5.70. The van der Waals surface area contributed by atoms with E-state index in [9.17, 15) is 32.9 Å². The Morgan fingerprint density at radius 1 is 1.24 bits per heavy atom. The van der Waals surface area contributed by atoms with Crippen LogP contribution in [0.25, 0.3) is 0 Å². The van der Waals surface area contributed by atoms with E-state index in [2.05, 4.69) is 18.1 Å². The molecule has 0 amide bonds. The smallest absolute Gasteiger partial charge is 0.390 e. The van der Waals surface area contributed by atoms with Crippen molar-refractivity contribution in [2.75, 3.05) is 12.3 Å². The quantitative estimate of drug-likeness (QED) is 0.240. The second-order valence-electron chi connectivity index (χ2n) is 5.48. The third kappa shape index (κ3) is 7.00. The van der Waals surface area contributed by atoms with Crippen molar-refractivity contribution in [3.63, 3.8) is 0 Å². The molecule has 2 rings (SSSR count). The zero-order valence-electron chi connectivity index (χ0n) is 13.9. The molecule has 5 atom stereocenters. The molecule has 29 heavy (non-hydrogen) atoms. The number of hydrogen-bond donors (Lipinski definition) is 6. The number of rotatable bonds is 8. The highest BCUT2D eigenvalue weighted by Crippen LogP contribution is 2.66. The van der Waals surface area contributed by atoms with Crippen molar-refractivity contribution in [3.8, 4) is 0 Å². The summed E-state index contributed by atoms with van der Waals surface area (Å²) in [7, 11) is -16.7. The molecule has 1 aromatic heterocycles. The van der Waals surface area contributed by atoms with E-state index >= 15 is 0 Å². The summed E-state index contributed by atoms with van der Waals surface area (Å²) in [6.07, 6.45) is -3.67. The number of phosphoric acid groups is 3. The standard InChI is InChI=1S/C9H15FN3O13P3/c10-4-2-13(9(15)12-8(4)11)7-1-5(14)6(24-7)3-23-28(19,20)26-29(21,22)25-27(16,17)18/h2,5-7,14H,1,3H2,(H,19,20)(H,21,22)(H2,11,12,15)(H2,16,17,18)/t5?,6-,7-/m1/s1. The maximum absolute atomic E-state index is 13.5. The molecule has 1 aliphatic rings. The number of aliphatic hydroxyl groups is 1. The molecule has 0 radical (unpaired) electrons. The highest BCUT2D eigenvalue weighted by Gasteiger charge is 2.43. The van der Waals surface area contributed by atoms with Crippen LogP contribution >= 0.6 is 23.5 Å². The molecule has 2 heterocycles. The van der Waals surface area contributed by atoms with Gasteiger partial charge in [0.15, 0.2) is 11.6 Å².